The predicted molar refractivity (Wildman–Crippen MR) is 71.9 cm³/mol. The van der Waals surface area contributed by atoms with Gasteiger partial charge in [-0.3, -0.25) is 0 Å². The van der Waals surface area contributed by atoms with E-state index in [4.69, 9.17) is 4.74 Å². The van der Waals surface area contributed by atoms with E-state index in [0.717, 1.165) is 29.4 Å². The summed E-state index contributed by atoms with van der Waals surface area (Å²) in [5.41, 5.74) is 0. The molecular formula is C10H18BrN3OS. The summed E-state index contributed by atoms with van der Waals surface area (Å²) in [4.78, 5) is 6.73. The first-order valence-electron chi connectivity index (χ1n) is 5.32. The first-order valence-corrected chi connectivity index (χ1v) is 7.22. The molecule has 0 fully saturated rings. The fraction of sp³-hybridized carbons (Fsp3) is 0.800. The molecule has 0 unspecified atom stereocenters. The zero-order valence-corrected chi connectivity index (χ0v) is 12.3. The van der Waals surface area contributed by atoms with Gasteiger partial charge in [0, 0.05) is 43.0 Å². The minimum absolute atomic E-state index is 0.387. The van der Waals surface area contributed by atoms with Crippen LogP contribution in [0.3, 0.4) is 0 Å². The lowest BCUT2D eigenvalue weighted by atomic mass is 10.2. The molecule has 1 heterocycles. The molecule has 92 valence electrons. The number of ether oxygens (including phenoxy) is 1. The van der Waals surface area contributed by atoms with Crippen LogP contribution in [0.4, 0.5) is 5.13 Å². The molecule has 0 spiro atoms. The standard InChI is InChI=1S/C10H18BrN3OS/c1-8(2)9-12-10(16-13-9)14(5-4-11)6-7-15-3/h8H,4-7H2,1-3H3. The molecule has 1 rings (SSSR count). The summed E-state index contributed by atoms with van der Waals surface area (Å²) in [6, 6.07) is 0. The van der Waals surface area contributed by atoms with Crippen LogP contribution in [-0.4, -0.2) is 41.5 Å². The van der Waals surface area contributed by atoms with Gasteiger partial charge in [-0.25, -0.2) is 4.98 Å². The normalized spacial score (nSPS) is 11.1. The van der Waals surface area contributed by atoms with Crippen LogP contribution in [0.1, 0.15) is 25.6 Å². The fourth-order valence-corrected chi connectivity index (χ4v) is 2.48. The number of methoxy groups -OCH3 is 1. The number of nitrogens with zero attached hydrogens (tertiary/aromatic N) is 3. The lowest BCUT2D eigenvalue weighted by Crippen LogP contribution is -2.29. The summed E-state index contributed by atoms with van der Waals surface area (Å²) in [6.45, 7) is 6.71. The lowest BCUT2D eigenvalue weighted by molar-refractivity contribution is 0.205. The van der Waals surface area contributed by atoms with E-state index < -0.39 is 0 Å². The minimum atomic E-state index is 0.387. The van der Waals surface area contributed by atoms with Crippen molar-refractivity contribution >= 4 is 32.6 Å². The summed E-state index contributed by atoms with van der Waals surface area (Å²) in [5, 5.41) is 1.91. The number of aromatic nitrogens is 2. The number of hydrogen-bond donors (Lipinski definition) is 0. The first kappa shape index (κ1) is 13.9. The topological polar surface area (TPSA) is 38.2 Å². The Labute approximate surface area is 109 Å². The summed E-state index contributed by atoms with van der Waals surface area (Å²) < 4.78 is 9.45. The molecule has 1 aromatic rings. The number of rotatable bonds is 7. The second-order valence-corrected chi connectivity index (χ2v) is 5.28. The second-order valence-electron chi connectivity index (χ2n) is 3.76. The molecule has 1 aromatic heterocycles. The first-order chi connectivity index (χ1) is 7.69. The number of halogens is 1. The van der Waals surface area contributed by atoms with Gasteiger partial charge in [-0.1, -0.05) is 29.8 Å². The molecule has 0 aliphatic carbocycles. The Morgan fingerprint density at radius 1 is 1.44 bits per heavy atom. The molecule has 16 heavy (non-hydrogen) atoms. The van der Waals surface area contributed by atoms with Gasteiger partial charge in [-0.2, -0.15) is 4.37 Å². The van der Waals surface area contributed by atoms with Crippen molar-refractivity contribution in [2.45, 2.75) is 19.8 Å². The largest absolute Gasteiger partial charge is 0.383 e. The van der Waals surface area contributed by atoms with Gasteiger partial charge in [-0.05, 0) is 0 Å². The van der Waals surface area contributed by atoms with E-state index in [9.17, 15) is 0 Å². The number of hydrogen-bond acceptors (Lipinski definition) is 5. The van der Waals surface area contributed by atoms with Crippen molar-refractivity contribution in [2.75, 3.05) is 37.0 Å². The Balaban J connectivity index is 2.67. The molecule has 4 nitrogen and oxygen atoms in total. The van der Waals surface area contributed by atoms with Gasteiger partial charge in [0.05, 0.1) is 6.61 Å². The van der Waals surface area contributed by atoms with Gasteiger partial charge in [0.2, 0.25) is 5.13 Å². The molecule has 6 heteroatoms. The maximum absolute atomic E-state index is 5.09. The third kappa shape index (κ3) is 3.99. The van der Waals surface area contributed by atoms with Gasteiger partial charge in [0.1, 0.15) is 5.82 Å². The van der Waals surface area contributed by atoms with Crippen LogP contribution in [0.15, 0.2) is 0 Å². The lowest BCUT2D eigenvalue weighted by Gasteiger charge is -2.19. The van der Waals surface area contributed by atoms with Gasteiger partial charge in [0.15, 0.2) is 0 Å². The Hall–Kier alpha value is -0.200. The molecule has 0 aliphatic heterocycles. The van der Waals surface area contributed by atoms with Crippen LogP contribution in [-0.2, 0) is 4.74 Å². The Morgan fingerprint density at radius 3 is 2.69 bits per heavy atom. The van der Waals surface area contributed by atoms with E-state index in [0.29, 0.717) is 12.5 Å². The van der Waals surface area contributed by atoms with Crippen molar-refractivity contribution < 1.29 is 4.74 Å². The van der Waals surface area contributed by atoms with Crippen LogP contribution < -0.4 is 4.90 Å². The molecule has 0 atom stereocenters. The molecule has 0 amide bonds. The van der Waals surface area contributed by atoms with Crippen molar-refractivity contribution in [1.29, 1.82) is 0 Å². The molecule has 0 radical (unpaired) electrons. The van der Waals surface area contributed by atoms with Crippen molar-refractivity contribution in [3.05, 3.63) is 5.82 Å². The highest BCUT2D eigenvalue weighted by Crippen LogP contribution is 2.21. The van der Waals surface area contributed by atoms with Crippen LogP contribution in [0.2, 0.25) is 0 Å². The zero-order chi connectivity index (χ0) is 12.0. The van der Waals surface area contributed by atoms with Crippen molar-refractivity contribution in [3.63, 3.8) is 0 Å². The van der Waals surface area contributed by atoms with Gasteiger partial charge >= 0.3 is 0 Å². The van der Waals surface area contributed by atoms with Crippen LogP contribution in [0.25, 0.3) is 0 Å². The Bertz CT molecular complexity index is 306. The van der Waals surface area contributed by atoms with Gasteiger partial charge < -0.3 is 9.64 Å². The highest BCUT2D eigenvalue weighted by Gasteiger charge is 2.13. The van der Waals surface area contributed by atoms with Crippen molar-refractivity contribution in [2.24, 2.45) is 0 Å². The van der Waals surface area contributed by atoms with E-state index in [-0.39, 0.29) is 0 Å². The van der Waals surface area contributed by atoms with Gasteiger partial charge in [0.25, 0.3) is 0 Å². The second kappa shape index (κ2) is 7.19. The van der Waals surface area contributed by atoms with E-state index >= 15 is 0 Å². The molecule has 0 bridgehead atoms. The third-order valence-corrected chi connectivity index (χ3v) is 3.28. The minimum Gasteiger partial charge on any atom is -0.383 e. The van der Waals surface area contributed by atoms with Crippen LogP contribution in [0.5, 0.6) is 0 Å². The molecule has 0 saturated carbocycles. The fourth-order valence-electron chi connectivity index (χ4n) is 1.20. The quantitative estimate of drug-likeness (QED) is 0.726. The molecule has 0 aliphatic rings. The highest BCUT2D eigenvalue weighted by molar-refractivity contribution is 9.09. The predicted octanol–water partition coefficient (Wildman–Crippen LogP) is 2.51. The summed E-state index contributed by atoms with van der Waals surface area (Å²) in [7, 11) is 1.71. The number of anilines is 1. The maximum atomic E-state index is 5.09. The average Bonchev–Trinajstić information content (AvgIpc) is 2.73. The zero-order valence-electron chi connectivity index (χ0n) is 9.94. The van der Waals surface area contributed by atoms with E-state index in [2.05, 4.69) is 44.0 Å². The van der Waals surface area contributed by atoms with E-state index in [1.54, 1.807) is 7.11 Å². The molecule has 0 N–H and O–H groups in total. The van der Waals surface area contributed by atoms with Crippen molar-refractivity contribution in [1.82, 2.24) is 9.36 Å². The van der Waals surface area contributed by atoms with E-state index in [1.807, 2.05) is 0 Å². The van der Waals surface area contributed by atoms with Crippen LogP contribution in [0, 0.1) is 0 Å². The SMILES string of the molecule is COCCN(CCBr)c1nc(C(C)C)ns1. The molecule has 0 saturated heterocycles. The highest BCUT2D eigenvalue weighted by atomic mass is 79.9. The van der Waals surface area contributed by atoms with E-state index in [1.165, 1.54) is 11.5 Å². The summed E-state index contributed by atoms with van der Waals surface area (Å²) in [5.74, 6) is 1.32. The smallest absolute Gasteiger partial charge is 0.205 e. The van der Waals surface area contributed by atoms with Crippen molar-refractivity contribution in [3.8, 4) is 0 Å². The molecular weight excluding hydrogens is 290 g/mol. The summed E-state index contributed by atoms with van der Waals surface area (Å²) in [6.07, 6.45) is 0. The molecule has 0 aromatic carbocycles. The Kier molecular flexibility index (Phi) is 6.23. The summed E-state index contributed by atoms with van der Waals surface area (Å²) >= 11 is 4.91. The Morgan fingerprint density at radius 2 is 2.19 bits per heavy atom. The third-order valence-electron chi connectivity index (χ3n) is 2.14. The van der Waals surface area contributed by atoms with Crippen LogP contribution >= 0.6 is 27.5 Å². The maximum Gasteiger partial charge on any atom is 0.205 e. The number of alkyl halides is 1. The average molecular weight is 308 g/mol. The van der Waals surface area contributed by atoms with Gasteiger partial charge in [-0.15, -0.1) is 0 Å². The monoisotopic (exact) mass is 307 g/mol.